The second-order valence-electron chi connectivity index (χ2n) is 6.75. The molecule has 0 saturated carbocycles. The van der Waals surface area contributed by atoms with Gasteiger partial charge in [-0.05, 0) is 55.8 Å². The van der Waals surface area contributed by atoms with Gasteiger partial charge in [0.2, 0.25) is 0 Å². The fraction of sp³-hybridized carbons (Fsp3) is 0.409. The number of aryl methyl sites for hydroxylation is 2. The molecule has 0 heterocycles. The van der Waals surface area contributed by atoms with Gasteiger partial charge in [0.15, 0.2) is 0 Å². The first-order valence-electron chi connectivity index (χ1n) is 9.46. The molecule has 0 aromatic heterocycles. The van der Waals surface area contributed by atoms with Gasteiger partial charge in [0.1, 0.15) is 5.75 Å². The minimum absolute atomic E-state index is 0.0775. The summed E-state index contributed by atoms with van der Waals surface area (Å²) in [5.41, 5.74) is 4.38. The monoisotopic (exact) mass is 369 g/mol. The van der Waals surface area contributed by atoms with E-state index in [-0.39, 0.29) is 12.1 Å². The standard InChI is InChI=1S/C22H31N3O2/c1-6-16-9-8-10-17(7-2)21(16)24-22(26)23-15-20(25(3)4)18-11-13-19(27-5)14-12-18/h8-14,20H,6-7,15H2,1-5H3,(H2,23,24,26). The summed E-state index contributed by atoms with van der Waals surface area (Å²) < 4.78 is 5.22. The van der Waals surface area contributed by atoms with Crippen LogP contribution in [0, 0.1) is 0 Å². The van der Waals surface area contributed by atoms with Crippen LogP contribution in [0.4, 0.5) is 10.5 Å². The maximum absolute atomic E-state index is 12.5. The number of carbonyl (C=O) groups excluding carboxylic acids is 1. The summed E-state index contributed by atoms with van der Waals surface area (Å²) in [7, 11) is 5.68. The third-order valence-electron chi connectivity index (χ3n) is 4.82. The Morgan fingerprint density at radius 1 is 1.04 bits per heavy atom. The first-order chi connectivity index (χ1) is 13.0. The van der Waals surface area contributed by atoms with Gasteiger partial charge in [0.25, 0.3) is 0 Å². The lowest BCUT2D eigenvalue weighted by atomic mass is 10.0. The van der Waals surface area contributed by atoms with Gasteiger partial charge < -0.3 is 20.3 Å². The average molecular weight is 370 g/mol. The molecule has 0 aliphatic heterocycles. The summed E-state index contributed by atoms with van der Waals surface area (Å²) in [5, 5.41) is 6.08. The number of para-hydroxylation sites is 1. The molecule has 0 spiro atoms. The number of anilines is 1. The molecule has 0 aliphatic carbocycles. The van der Waals surface area contributed by atoms with E-state index in [1.807, 2.05) is 44.4 Å². The average Bonchev–Trinajstić information content (AvgIpc) is 2.68. The number of methoxy groups -OCH3 is 1. The number of nitrogens with one attached hydrogen (secondary N) is 2. The van der Waals surface area contributed by atoms with E-state index in [4.69, 9.17) is 4.74 Å². The molecule has 5 heteroatoms. The van der Waals surface area contributed by atoms with Crippen molar-refractivity contribution in [1.82, 2.24) is 10.2 Å². The normalized spacial score (nSPS) is 11.9. The van der Waals surface area contributed by atoms with Gasteiger partial charge in [-0.25, -0.2) is 4.79 Å². The van der Waals surface area contributed by atoms with Crippen molar-refractivity contribution in [2.75, 3.05) is 33.1 Å². The Morgan fingerprint density at radius 2 is 1.63 bits per heavy atom. The molecule has 146 valence electrons. The number of nitrogens with zero attached hydrogens (tertiary/aromatic N) is 1. The van der Waals surface area contributed by atoms with Crippen LogP contribution < -0.4 is 15.4 Å². The van der Waals surface area contributed by atoms with Gasteiger partial charge in [0.05, 0.1) is 13.2 Å². The van der Waals surface area contributed by atoms with Crippen LogP contribution in [-0.4, -0.2) is 38.7 Å². The summed E-state index contributed by atoms with van der Waals surface area (Å²) in [5.74, 6) is 0.824. The Balaban J connectivity index is 2.06. The van der Waals surface area contributed by atoms with E-state index in [2.05, 4.69) is 41.5 Å². The molecular formula is C22H31N3O2. The van der Waals surface area contributed by atoms with Crippen molar-refractivity contribution in [3.63, 3.8) is 0 Å². The Morgan fingerprint density at radius 3 is 2.11 bits per heavy atom. The number of hydrogen-bond acceptors (Lipinski definition) is 3. The summed E-state index contributed by atoms with van der Waals surface area (Å²) in [6.07, 6.45) is 1.77. The minimum atomic E-state index is -0.175. The smallest absolute Gasteiger partial charge is 0.319 e. The second kappa shape index (κ2) is 9.97. The van der Waals surface area contributed by atoms with Crippen molar-refractivity contribution in [2.24, 2.45) is 0 Å². The van der Waals surface area contributed by atoms with Crippen LogP contribution in [0.1, 0.15) is 36.6 Å². The van der Waals surface area contributed by atoms with Gasteiger partial charge >= 0.3 is 6.03 Å². The van der Waals surface area contributed by atoms with Crippen molar-refractivity contribution in [1.29, 1.82) is 0 Å². The molecule has 2 rings (SSSR count). The van der Waals surface area contributed by atoms with Gasteiger partial charge in [0, 0.05) is 12.2 Å². The molecule has 2 aromatic rings. The zero-order valence-electron chi connectivity index (χ0n) is 17.0. The Hall–Kier alpha value is -2.53. The SMILES string of the molecule is CCc1cccc(CC)c1NC(=O)NCC(c1ccc(OC)cc1)N(C)C. The van der Waals surface area contributed by atoms with Crippen molar-refractivity contribution < 1.29 is 9.53 Å². The molecule has 27 heavy (non-hydrogen) atoms. The van der Waals surface area contributed by atoms with E-state index in [0.717, 1.165) is 41.0 Å². The predicted octanol–water partition coefficient (Wildman–Crippen LogP) is 4.24. The van der Waals surface area contributed by atoms with Crippen LogP contribution in [0.25, 0.3) is 0 Å². The largest absolute Gasteiger partial charge is 0.497 e. The molecule has 5 nitrogen and oxygen atoms in total. The highest BCUT2D eigenvalue weighted by Crippen LogP contribution is 2.23. The fourth-order valence-electron chi connectivity index (χ4n) is 3.17. The fourth-order valence-corrected chi connectivity index (χ4v) is 3.17. The highest BCUT2D eigenvalue weighted by molar-refractivity contribution is 5.91. The van der Waals surface area contributed by atoms with E-state index >= 15 is 0 Å². The maximum atomic E-state index is 12.5. The van der Waals surface area contributed by atoms with E-state index < -0.39 is 0 Å². The van der Waals surface area contributed by atoms with Crippen molar-refractivity contribution in [3.8, 4) is 5.75 Å². The van der Waals surface area contributed by atoms with Crippen molar-refractivity contribution >= 4 is 11.7 Å². The molecular weight excluding hydrogens is 338 g/mol. The second-order valence-corrected chi connectivity index (χ2v) is 6.75. The topological polar surface area (TPSA) is 53.6 Å². The van der Waals surface area contributed by atoms with E-state index in [1.54, 1.807) is 7.11 Å². The number of urea groups is 1. The lowest BCUT2D eigenvalue weighted by molar-refractivity contribution is 0.243. The summed E-state index contributed by atoms with van der Waals surface area (Å²) in [6, 6.07) is 14.0. The Labute approximate surface area is 162 Å². The number of likely N-dealkylation sites (N-methyl/N-ethyl adjacent to an activating group) is 1. The van der Waals surface area contributed by atoms with Gasteiger partial charge in [-0.2, -0.15) is 0 Å². The molecule has 0 radical (unpaired) electrons. The summed E-state index contributed by atoms with van der Waals surface area (Å²) in [6.45, 7) is 4.72. The van der Waals surface area contributed by atoms with Crippen LogP contribution in [0.3, 0.4) is 0 Å². The first kappa shape index (κ1) is 20.8. The molecule has 1 unspecified atom stereocenters. The summed E-state index contributed by atoms with van der Waals surface area (Å²) in [4.78, 5) is 14.6. The Kier molecular flexibility index (Phi) is 7.67. The third kappa shape index (κ3) is 5.47. The third-order valence-corrected chi connectivity index (χ3v) is 4.82. The van der Waals surface area contributed by atoms with Crippen LogP contribution in [0.2, 0.25) is 0 Å². The highest BCUT2D eigenvalue weighted by Gasteiger charge is 2.16. The summed E-state index contributed by atoms with van der Waals surface area (Å²) >= 11 is 0. The van der Waals surface area contributed by atoms with Crippen LogP contribution in [-0.2, 0) is 12.8 Å². The van der Waals surface area contributed by atoms with Crippen LogP contribution in [0.5, 0.6) is 5.75 Å². The molecule has 0 aliphatic rings. The predicted molar refractivity (Wildman–Crippen MR) is 112 cm³/mol. The zero-order valence-corrected chi connectivity index (χ0v) is 17.0. The zero-order chi connectivity index (χ0) is 19.8. The lowest BCUT2D eigenvalue weighted by Crippen LogP contribution is -2.37. The molecule has 0 fully saturated rings. The number of carbonyl (C=O) groups is 1. The number of hydrogen-bond donors (Lipinski definition) is 2. The van der Waals surface area contributed by atoms with Crippen LogP contribution >= 0.6 is 0 Å². The van der Waals surface area contributed by atoms with Crippen molar-refractivity contribution in [3.05, 3.63) is 59.2 Å². The minimum Gasteiger partial charge on any atom is -0.497 e. The lowest BCUT2D eigenvalue weighted by Gasteiger charge is -2.25. The number of rotatable bonds is 8. The van der Waals surface area contributed by atoms with E-state index in [0.29, 0.717) is 6.54 Å². The van der Waals surface area contributed by atoms with Crippen LogP contribution in [0.15, 0.2) is 42.5 Å². The highest BCUT2D eigenvalue weighted by atomic mass is 16.5. The molecule has 1 atom stereocenters. The number of benzene rings is 2. The molecule has 0 saturated heterocycles. The number of amides is 2. The van der Waals surface area contributed by atoms with Crippen molar-refractivity contribution in [2.45, 2.75) is 32.7 Å². The van der Waals surface area contributed by atoms with Gasteiger partial charge in [-0.3, -0.25) is 0 Å². The molecule has 0 bridgehead atoms. The molecule has 2 amide bonds. The quantitative estimate of drug-likeness (QED) is 0.732. The van der Waals surface area contributed by atoms with Gasteiger partial charge in [-0.1, -0.05) is 44.2 Å². The molecule has 2 aromatic carbocycles. The number of ether oxygens (including phenoxy) is 1. The first-order valence-corrected chi connectivity index (χ1v) is 9.46. The van der Waals surface area contributed by atoms with Gasteiger partial charge in [-0.15, -0.1) is 0 Å². The Bertz CT molecular complexity index is 719. The molecule has 2 N–H and O–H groups in total. The van der Waals surface area contributed by atoms with E-state index in [9.17, 15) is 4.79 Å². The van der Waals surface area contributed by atoms with E-state index in [1.165, 1.54) is 0 Å². The maximum Gasteiger partial charge on any atom is 0.319 e.